The van der Waals surface area contributed by atoms with E-state index in [1.807, 2.05) is 56.3 Å². The number of carbonyl (C=O) groups excluding carboxylic acids is 3. The number of sulfonamides is 1. The predicted molar refractivity (Wildman–Crippen MR) is 225 cm³/mol. The second-order valence-corrected chi connectivity index (χ2v) is 19.7. The number of anilines is 1. The summed E-state index contributed by atoms with van der Waals surface area (Å²) in [5.41, 5.74) is -0.996. The number of ether oxygens (including phenoxy) is 1. The molecule has 1 saturated heterocycles. The number of hydrogen-bond donors (Lipinski definition) is 3. The molecule has 5 atom stereocenters. The number of aromatic nitrogens is 2. The minimum atomic E-state index is -4.92. The standard InChI is InChI=1S/C45H50F4N6O6S/c1-27(2)55-36-18-12-16-32(28-19-20-34(46)33(23-28)45(47,48)49)38(36)51-42(55)61-31-24-37-39(56)52-44(41(58)53-62(59,60)43(3)21-22-43)25-29(44)13-8-5-4-6-11-17-35(40(57)54(37)26-31)50-30-14-9-7-10-15-30/h7-10,12-16,18-20,23,27,29,31,35,37,50H,4-6,11,17,21-22,24-26H2,1-3H3,(H,52,56)(H,53,58)/t29-,31-,35+,37+,44-/m1/s1. The molecule has 2 aliphatic heterocycles. The van der Waals surface area contributed by atoms with Crippen molar-refractivity contribution in [2.75, 3.05) is 11.9 Å². The van der Waals surface area contributed by atoms with Gasteiger partial charge in [0, 0.05) is 29.6 Å². The molecule has 4 aromatic rings. The first kappa shape index (κ1) is 43.2. The number of benzene rings is 3. The van der Waals surface area contributed by atoms with Gasteiger partial charge in [-0.1, -0.05) is 61.4 Å². The van der Waals surface area contributed by atoms with Crippen LogP contribution in [0, 0.1) is 11.7 Å². The predicted octanol–water partition coefficient (Wildman–Crippen LogP) is 7.66. The van der Waals surface area contributed by atoms with Crippen molar-refractivity contribution in [1.29, 1.82) is 0 Å². The van der Waals surface area contributed by atoms with Crippen LogP contribution in [0.15, 0.2) is 78.9 Å². The summed E-state index contributed by atoms with van der Waals surface area (Å²) < 4.78 is 91.7. The minimum Gasteiger partial charge on any atom is -0.459 e. The molecule has 3 fully saturated rings. The monoisotopic (exact) mass is 878 g/mol. The van der Waals surface area contributed by atoms with E-state index >= 15 is 0 Å². The van der Waals surface area contributed by atoms with Crippen molar-refractivity contribution in [3.05, 3.63) is 90.3 Å². The molecule has 0 unspecified atom stereocenters. The molecule has 2 saturated carbocycles. The van der Waals surface area contributed by atoms with Gasteiger partial charge in [0.2, 0.25) is 21.8 Å². The van der Waals surface area contributed by atoms with Crippen LogP contribution in [0.3, 0.4) is 0 Å². The second kappa shape index (κ2) is 16.3. The van der Waals surface area contributed by atoms with E-state index in [0.717, 1.165) is 25.0 Å². The van der Waals surface area contributed by atoms with Gasteiger partial charge in [-0.3, -0.25) is 23.7 Å². The van der Waals surface area contributed by atoms with Crippen molar-refractivity contribution in [3.63, 3.8) is 0 Å². The van der Waals surface area contributed by atoms with Gasteiger partial charge in [0.25, 0.3) is 11.9 Å². The maximum atomic E-state index is 14.8. The Morgan fingerprint density at radius 2 is 1.77 bits per heavy atom. The zero-order valence-electron chi connectivity index (χ0n) is 34.7. The maximum Gasteiger partial charge on any atom is 0.419 e. The Morgan fingerprint density at radius 1 is 1.02 bits per heavy atom. The summed E-state index contributed by atoms with van der Waals surface area (Å²) in [6, 6.07) is 15.0. The Morgan fingerprint density at radius 3 is 2.48 bits per heavy atom. The summed E-state index contributed by atoms with van der Waals surface area (Å²) in [5.74, 6) is -3.70. The summed E-state index contributed by atoms with van der Waals surface area (Å²) in [7, 11) is -4.03. The van der Waals surface area contributed by atoms with Gasteiger partial charge in [-0.2, -0.15) is 18.2 Å². The molecule has 4 aliphatic rings. The van der Waals surface area contributed by atoms with Crippen molar-refractivity contribution >= 4 is 44.5 Å². The largest absolute Gasteiger partial charge is 0.459 e. The third-order valence-electron chi connectivity index (χ3n) is 12.6. The smallest absolute Gasteiger partial charge is 0.419 e. The van der Waals surface area contributed by atoms with Gasteiger partial charge < -0.3 is 20.3 Å². The normalized spacial score (nSPS) is 25.3. The molecule has 0 bridgehead atoms. The van der Waals surface area contributed by atoms with Crippen molar-refractivity contribution in [2.45, 2.75) is 119 Å². The van der Waals surface area contributed by atoms with Gasteiger partial charge in [-0.05, 0) is 95.2 Å². The molecule has 0 radical (unpaired) electrons. The van der Waals surface area contributed by atoms with Gasteiger partial charge in [0.1, 0.15) is 35.1 Å². The number of amides is 3. The third-order valence-corrected chi connectivity index (χ3v) is 14.8. The first-order chi connectivity index (χ1) is 29.4. The van der Waals surface area contributed by atoms with Crippen molar-refractivity contribution in [2.24, 2.45) is 5.92 Å². The van der Waals surface area contributed by atoms with Gasteiger partial charge in [0.15, 0.2) is 0 Å². The van der Waals surface area contributed by atoms with Crippen LogP contribution in [0.25, 0.3) is 22.2 Å². The number of halogens is 4. The lowest BCUT2D eigenvalue weighted by atomic mass is 10.0. The number of rotatable bonds is 9. The number of carbonyl (C=O) groups is 3. The number of hydrogen-bond acceptors (Lipinski definition) is 8. The zero-order chi connectivity index (χ0) is 44.2. The maximum absolute atomic E-state index is 14.8. The molecule has 330 valence electrons. The summed E-state index contributed by atoms with van der Waals surface area (Å²) in [4.78, 5) is 49.6. The Bertz CT molecular complexity index is 2520. The van der Waals surface area contributed by atoms with Crippen LogP contribution < -0.4 is 20.1 Å². The number of nitrogens with zero attached hydrogens (tertiary/aromatic N) is 3. The van der Waals surface area contributed by atoms with Crippen LogP contribution in [-0.2, 0) is 30.6 Å². The molecule has 1 aromatic heterocycles. The van der Waals surface area contributed by atoms with Crippen LogP contribution in [0.1, 0.15) is 90.2 Å². The quantitative estimate of drug-likeness (QED) is 0.115. The molecular weight excluding hydrogens is 829 g/mol. The SMILES string of the molecule is CC(C)n1c(O[C@@H]2C[C@H]3C(=O)N[C@]4(C(=O)NS(=O)(=O)C5(C)CC5)C[C@H]4C=CCCCCC[C@H](Nc4ccccc4)C(=O)N3C2)nc2c(-c3ccc(F)c(C(F)(F)F)c3)cccc21. The lowest BCUT2D eigenvalue weighted by Crippen LogP contribution is -2.58. The summed E-state index contributed by atoms with van der Waals surface area (Å²) in [5, 5.41) is 6.27. The van der Waals surface area contributed by atoms with Crippen LogP contribution in [0.4, 0.5) is 23.2 Å². The topological polar surface area (TPSA) is 152 Å². The average Bonchev–Trinajstić information content (AvgIpc) is 4.04. The van der Waals surface area contributed by atoms with Crippen molar-refractivity contribution in [1.82, 2.24) is 24.5 Å². The fraction of sp³-hybridized carbons (Fsp3) is 0.467. The summed E-state index contributed by atoms with van der Waals surface area (Å²) >= 11 is 0. The van der Waals surface area contributed by atoms with Crippen LogP contribution in [-0.4, -0.2) is 75.6 Å². The highest BCUT2D eigenvalue weighted by Crippen LogP contribution is 2.48. The Kier molecular flexibility index (Phi) is 11.4. The van der Waals surface area contributed by atoms with Crippen LogP contribution in [0.2, 0.25) is 0 Å². The molecule has 12 nitrogen and oxygen atoms in total. The molecule has 17 heteroatoms. The van der Waals surface area contributed by atoms with Crippen molar-refractivity contribution in [3.8, 4) is 17.1 Å². The van der Waals surface area contributed by atoms with E-state index in [2.05, 4.69) is 15.4 Å². The molecule has 3 heterocycles. The van der Waals surface area contributed by atoms with E-state index in [1.165, 1.54) is 11.0 Å². The Labute approximate surface area is 357 Å². The minimum absolute atomic E-state index is 0.0226. The number of fused-ring (bicyclic) bond motifs is 3. The zero-order valence-corrected chi connectivity index (χ0v) is 35.5. The van der Waals surface area contributed by atoms with E-state index < -0.39 is 73.8 Å². The summed E-state index contributed by atoms with van der Waals surface area (Å²) in [6.07, 6.45) is 2.55. The molecule has 2 aliphatic carbocycles. The highest BCUT2D eigenvalue weighted by Gasteiger charge is 2.63. The Balaban J connectivity index is 1.14. The number of para-hydroxylation sites is 2. The first-order valence-corrected chi connectivity index (χ1v) is 22.6. The highest BCUT2D eigenvalue weighted by molar-refractivity contribution is 7.91. The first-order valence-electron chi connectivity index (χ1n) is 21.1. The number of imidazole rings is 1. The van der Waals surface area contributed by atoms with Gasteiger partial charge >= 0.3 is 6.18 Å². The highest BCUT2D eigenvalue weighted by atomic mass is 32.2. The van der Waals surface area contributed by atoms with E-state index in [4.69, 9.17) is 9.72 Å². The van der Waals surface area contributed by atoms with Crippen LogP contribution >= 0.6 is 0 Å². The molecule has 62 heavy (non-hydrogen) atoms. The third kappa shape index (κ3) is 8.39. The van der Waals surface area contributed by atoms with Gasteiger partial charge in [-0.25, -0.2) is 12.8 Å². The number of alkyl halides is 3. The lowest BCUT2D eigenvalue weighted by molar-refractivity contribution is -0.140. The summed E-state index contributed by atoms with van der Waals surface area (Å²) in [6.45, 7) is 5.28. The molecule has 3 aromatic carbocycles. The molecule has 0 spiro atoms. The lowest BCUT2D eigenvalue weighted by Gasteiger charge is -2.30. The van der Waals surface area contributed by atoms with E-state index in [-0.39, 0.29) is 42.9 Å². The average molecular weight is 879 g/mol. The van der Waals surface area contributed by atoms with Crippen LogP contribution in [0.5, 0.6) is 6.01 Å². The fourth-order valence-corrected chi connectivity index (χ4v) is 9.96. The molecule has 3 N–H and O–H groups in total. The fourth-order valence-electron chi connectivity index (χ4n) is 8.65. The number of nitrogens with one attached hydrogen (secondary N) is 3. The molecular formula is C45H50F4N6O6S. The van der Waals surface area contributed by atoms with E-state index in [0.29, 0.717) is 54.4 Å². The number of allylic oxidation sites excluding steroid dienone is 1. The molecule has 8 rings (SSSR count). The second-order valence-electron chi connectivity index (χ2n) is 17.5. The van der Waals surface area contributed by atoms with Gasteiger partial charge in [-0.15, -0.1) is 0 Å². The van der Waals surface area contributed by atoms with Crippen molar-refractivity contribution < 1.29 is 45.1 Å². The van der Waals surface area contributed by atoms with Gasteiger partial charge in [0.05, 0.1) is 22.4 Å². The molecule has 3 amide bonds. The van der Waals surface area contributed by atoms with E-state index in [9.17, 15) is 40.4 Å². The Hall–Kier alpha value is -5.45. The van der Waals surface area contributed by atoms with E-state index in [1.54, 1.807) is 29.7 Å².